The molecule has 5 rings (SSSR count). The monoisotopic (exact) mass is 405 g/mol. The largest absolute Gasteiger partial charge is 0.486 e. The van der Waals surface area contributed by atoms with Crippen molar-refractivity contribution in [3.8, 4) is 11.5 Å². The molecule has 0 spiro atoms. The maximum atomic E-state index is 12.7. The van der Waals surface area contributed by atoms with Crippen molar-refractivity contribution in [1.29, 1.82) is 0 Å². The summed E-state index contributed by atoms with van der Waals surface area (Å²) >= 11 is 1.40. The van der Waals surface area contributed by atoms with Gasteiger partial charge in [0, 0.05) is 17.1 Å². The molecule has 0 bridgehead atoms. The summed E-state index contributed by atoms with van der Waals surface area (Å²) in [6, 6.07) is 17.6. The standard InChI is InChI=1S/C22H19N3O3S/c1-13(21(26)23-15-8-9-18-19(12-15)28-11-10-27-18)29-22-24-16-6-2-4-14-5-3-7-17(25-22)20(14)16/h2-9,12-13H,10-11H2,1H3,(H,23,26)(H,24,25)/t13-/m0/s1. The topological polar surface area (TPSA) is 72.0 Å². The van der Waals surface area contributed by atoms with E-state index in [1.54, 1.807) is 6.07 Å². The summed E-state index contributed by atoms with van der Waals surface area (Å²) in [4.78, 5) is 17.4. The Morgan fingerprint density at radius 3 is 2.76 bits per heavy atom. The number of nitrogens with zero attached hydrogens (tertiary/aromatic N) is 1. The van der Waals surface area contributed by atoms with Crippen molar-refractivity contribution >= 4 is 50.7 Å². The number of carbonyl (C=O) groups excluding carboxylic acids is 1. The van der Waals surface area contributed by atoms with E-state index in [9.17, 15) is 4.79 Å². The number of hydrogen-bond donors (Lipinski definition) is 2. The van der Waals surface area contributed by atoms with Crippen LogP contribution in [0, 0.1) is 0 Å². The Hall–Kier alpha value is -3.19. The second kappa shape index (κ2) is 7.33. The van der Waals surface area contributed by atoms with Gasteiger partial charge >= 0.3 is 0 Å². The van der Waals surface area contributed by atoms with Gasteiger partial charge in [0.2, 0.25) is 5.91 Å². The van der Waals surface area contributed by atoms with E-state index < -0.39 is 0 Å². The van der Waals surface area contributed by atoms with Crippen LogP contribution >= 0.6 is 11.8 Å². The molecule has 2 N–H and O–H groups in total. The predicted molar refractivity (Wildman–Crippen MR) is 118 cm³/mol. The summed E-state index contributed by atoms with van der Waals surface area (Å²) in [5, 5.41) is 8.91. The summed E-state index contributed by atoms with van der Waals surface area (Å²) in [6.45, 7) is 2.91. The number of hydrogen-bond acceptors (Lipinski definition) is 6. The second-order valence-electron chi connectivity index (χ2n) is 6.83. The molecular formula is C22H19N3O3S. The molecule has 7 heteroatoms. The van der Waals surface area contributed by atoms with Gasteiger partial charge in [-0.25, -0.2) is 4.99 Å². The fourth-order valence-corrected chi connectivity index (χ4v) is 4.23. The van der Waals surface area contributed by atoms with Crippen LogP contribution in [0.15, 0.2) is 59.6 Å². The lowest BCUT2D eigenvalue weighted by atomic mass is 10.1. The Morgan fingerprint density at radius 2 is 1.90 bits per heavy atom. The van der Waals surface area contributed by atoms with Crippen LogP contribution in [-0.4, -0.2) is 29.5 Å². The molecule has 2 heterocycles. The molecule has 0 aromatic heterocycles. The second-order valence-corrected chi connectivity index (χ2v) is 8.16. The first-order valence-electron chi connectivity index (χ1n) is 9.42. The van der Waals surface area contributed by atoms with Gasteiger partial charge in [0.1, 0.15) is 13.2 Å². The molecular weight excluding hydrogens is 386 g/mol. The van der Waals surface area contributed by atoms with Crippen LogP contribution in [0.25, 0.3) is 10.8 Å². The third kappa shape index (κ3) is 3.49. The minimum Gasteiger partial charge on any atom is -0.486 e. The van der Waals surface area contributed by atoms with Gasteiger partial charge < -0.3 is 20.1 Å². The molecule has 0 saturated carbocycles. The number of thioether (sulfide) groups is 1. The summed E-state index contributed by atoms with van der Waals surface area (Å²) in [7, 11) is 0. The molecule has 2 aliphatic heterocycles. The van der Waals surface area contributed by atoms with E-state index in [1.807, 2.05) is 43.3 Å². The molecule has 3 aromatic carbocycles. The zero-order valence-corrected chi connectivity index (χ0v) is 16.6. The number of amides is 1. The lowest BCUT2D eigenvalue weighted by Crippen LogP contribution is -2.26. The van der Waals surface area contributed by atoms with E-state index in [0.29, 0.717) is 35.6 Å². The van der Waals surface area contributed by atoms with Crippen LogP contribution in [0.3, 0.4) is 0 Å². The molecule has 2 aliphatic rings. The van der Waals surface area contributed by atoms with Gasteiger partial charge in [0.05, 0.1) is 16.6 Å². The Labute approximate surface area is 172 Å². The van der Waals surface area contributed by atoms with Crippen molar-refractivity contribution in [2.24, 2.45) is 4.99 Å². The average Bonchev–Trinajstić information content (AvgIpc) is 2.74. The van der Waals surface area contributed by atoms with Crippen molar-refractivity contribution < 1.29 is 14.3 Å². The van der Waals surface area contributed by atoms with E-state index in [1.165, 1.54) is 11.8 Å². The molecule has 0 radical (unpaired) electrons. The number of carbonyl (C=O) groups is 1. The van der Waals surface area contributed by atoms with Crippen LogP contribution in [0.1, 0.15) is 6.92 Å². The van der Waals surface area contributed by atoms with Crippen LogP contribution in [0.4, 0.5) is 17.1 Å². The third-order valence-corrected chi connectivity index (χ3v) is 5.80. The van der Waals surface area contributed by atoms with E-state index in [4.69, 9.17) is 14.5 Å². The Kier molecular flexibility index (Phi) is 4.52. The fraction of sp³-hybridized carbons (Fsp3) is 0.182. The Morgan fingerprint density at radius 1 is 1.10 bits per heavy atom. The molecule has 0 saturated heterocycles. The van der Waals surface area contributed by atoms with Crippen LogP contribution in [-0.2, 0) is 4.79 Å². The molecule has 146 valence electrons. The number of aliphatic imine (C=N–C) groups is 1. The zero-order chi connectivity index (χ0) is 19.8. The van der Waals surface area contributed by atoms with Crippen molar-refractivity contribution in [2.45, 2.75) is 12.2 Å². The highest BCUT2D eigenvalue weighted by molar-refractivity contribution is 8.15. The van der Waals surface area contributed by atoms with Crippen molar-refractivity contribution in [3.63, 3.8) is 0 Å². The molecule has 1 atom stereocenters. The number of benzene rings is 3. The lowest BCUT2D eigenvalue weighted by Gasteiger charge is -2.21. The smallest absolute Gasteiger partial charge is 0.237 e. The van der Waals surface area contributed by atoms with Gasteiger partial charge in [-0.05, 0) is 36.6 Å². The van der Waals surface area contributed by atoms with Crippen LogP contribution in [0.5, 0.6) is 11.5 Å². The molecule has 0 fully saturated rings. The van der Waals surface area contributed by atoms with E-state index in [0.717, 1.165) is 22.1 Å². The number of fused-ring (bicyclic) bond motifs is 1. The van der Waals surface area contributed by atoms with Gasteiger partial charge in [-0.1, -0.05) is 36.0 Å². The quantitative estimate of drug-likeness (QED) is 0.656. The van der Waals surface area contributed by atoms with Crippen LogP contribution < -0.4 is 20.1 Å². The first kappa shape index (κ1) is 17.9. The molecule has 3 aromatic rings. The Bertz CT molecular complexity index is 1140. The number of anilines is 2. The van der Waals surface area contributed by atoms with Crippen molar-refractivity contribution in [2.75, 3.05) is 23.8 Å². The maximum Gasteiger partial charge on any atom is 0.237 e. The molecule has 0 unspecified atom stereocenters. The van der Waals surface area contributed by atoms with Crippen LogP contribution in [0.2, 0.25) is 0 Å². The average molecular weight is 405 g/mol. The third-order valence-electron chi connectivity index (χ3n) is 4.81. The van der Waals surface area contributed by atoms with Gasteiger partial charge in [0.25, 0.3) is 0 Å². The number of rotatable bonds is 3. The first-order valence-corrected chi connectivity index (χ1v) is 10.3. The van der Waals surface area contributed by atoms with Gasteiger partial charge in [-0.2, -0.15) is 0 Å². The van der Waals surface area contributed by atoms with E-state index in [2.05, 4.69) is 22.8 Å². The number of ether oxygens (including phenoxy) is 2. The number of nitrogens with one attached hydrogen (secondary N) is 2. The minimum atomic E-state index is -0.334. The van der Waals surface area contributed by atoms with E-state index in [-0.39, 0.29) is 11.2 Å². The lowest BCUT2D eigenvalue weighted by molar-refractivity contribution is -0.115. The summed E-state index contributed by atoms with van der Waals surface area (Å²) in [5.41, 5.74) is 2.61. The first-order chi connectivity index (χ1) is 14.2. The Balaban J connectivity index is 1.30. The zero-order valence-electron chi connectivity index (χ0n) is 15.8. The highest BCUT2D eigenvalue weighted by Crippen LogP contribution is 2.38. The van der Waals surface area contributed by atoms with Gasteiger partial charge in [-0.15, -0.1) is 0 Å². The highest BCUT2D eigenvalue weighted by atomic mass is 32.2. The summed E-state index contributed by atoms with van der Waals surface area (Å²) < 4.78 is 11.1. The SMILES string of the molecule is C[C@H](SC1=Nc2cccc3cccc(c23)N1)C(=O)Nc1ccc2c(c1)OCCO2. The maximum absolute atomic E-state index is 12.7. The van der Waals surface area contributed by atoms with Gasteiger partial charge in [-0.3, -0.25) is 4.79 Å². The molecule has 1 amide bonds. The highest BCUT2D eigenvalue weighted by Gasteiger charge is 2.21. The summed E-state index contributed by atoms with van der Waals surface area (Å²) in [5.74, 6) is 1.25. The fourth-order valence-electron chi connectivity index (χ4n) is 3.41. The molecule has 6 nitrogen and oxygen atoms in total. The van der Waals surface area contributed by atoms with Gasteiger partial charge in [0.15, 0.2) is 16.7 Å². The van der Waals surface area contributed by atoms with Crippen molar-refractivity contribution in [3.05, 3.63) is 54.6 Å². The van der Waals surface area contributed by atoms with Crippen molar-refractivity contribution in [1.82, 2.24) is 0 Å². The minimum absolute atomic E-state index is 0.103. The number of amidine groups is 1. The summed E-state index contributed by atoms with van der Waals surface area (Å²) in [6.07, 6.45) is 0. The predicted octanol–water partition coefficient (Wildman–Crippen LogP) is 4.78. The molecule has 0 aliphatic carbocycles. The van der Waals surface area contributed by atoms with E-state index >= 15 is 0 Å². The molecule has 29 heavy (non-hydrogen) atoms. The normalized spacial score (nSPS) is 15.3.